The molecule has 0 saturated carbocycles. The average molecular weight is 393 g/mol. The van der Waals surface area contributed by atoms with Crippen molar-refractivity contribution in [1.29, 1.82) is 0 Å². The lowest BCUT2D eigenvalue weighted by Crippen LogP contribution is -2.46. The van der Waals surface area contributed by atoms with Crippen LogP contribution in [0.25, 0.3) is 6.08 Å². The normalized spacial score (nSPS) is 20.6. The van der Waals surface area contributed by atoms with E-state index in [4.69, 9.17) is 4.74 Å². The molecule has 0 unspecified atom stereocenters. The lowest BCUT2D eigenvalue weighted by Gasteiger charge is -2.33. The van der Waals surface area contributed by atoms with E-state index in [9.17, 15) is 4.79 Å². The maximum absolute atomic E-state index is 12.4. The van der Waals surface area contributed by atoms with E-state index in [-0.39, 0.29) is 5.91 Å². The monoisotopic (exact) mass is 392 g/mol. The Morgan fingerprint density at radius 3 is 2.46 bits per heavy atom. The van der Waals surface area contributed by atoms with Crippen LogP contribution >= 0.6 is 15.9 Å². The third-order valence-corrected chi connectivity index (χ3v) is 5.31. The van der Waals surface area contributed by atoms with Crippen LogP contribution in [0.1, 0.15) is 18.4 Å². The summed E-state index contributed by atoms with van der Waals surface area (Å²) in [6.45, 7) is 5.53. The number of nitrogens with zero attached hydrogens (tertiary/aromatic N) is 2. The maximum Gasteiger partial charge on any atom is 0.236 e. The number of amides is 1. The smallest absolute Gasteiger partial charge is 0.236 e. The minimum absolute atomic E-state index is 0.271. The second-order valence-electron chi connectivity index (χ2n) is 6.52. The van der Waals surface area contributed by atoms with Crippen LogP contribution in [-0.4, -0.2) is 61.6 Å². The highest BCUT2D eigenvalue weighted by atomic mass is 79.9. The zero-order valence-corrected chi connectivity index (χ0v) is 15.6. The fourth-order valence-corrected chi connectivity index (χ4v) is 3.48. The van der Waals surface area contributed by atoms with Gasteiger partial charge in [-0.2, -0.15) is 0 Å². The van der Waals surface area contributed by atoms with E-state index in [0.29, 0.717) is 12.5 Å². The Hall–Kier alpha value is -1.17. The number of hydrogen-bond donors (Lipinski definition) is 0. The molecule has 0 bridgehead atoms. The number of morpholine rings is 1. The van der Waals surface area contributed by atoms with Crippen LogP contribution in [0.3, 0.4) is 0 Å². The first-order valence-electron chi connectivity index (χ1n) is 8.72. The summed E-state index contributed by atoms with van der Waals surface area (Å²) in [5.41, 5.74) is 1.23. The zero-order chi connectivity index (χ0) is 16.8. The van der Waals surface area contributed by atoms with Gasteiger partial charge in [0.15, 0.2) is 0 Å². The second kappa shape index (κ2) is 8.79. The molecule has 1 amide bonds. The van der Waals surface area contributed by atoms with Crippen molar-refractivity contribution < 1.29 is 9.53 Å². The van der Waals surface area contributed by atoms with E-state index in [1.165, 1.54) is 5.56 Å². The molecule has 0 aromatic heterocycles. The maximum atomic E-state index is 12.4. The van der Waals surface area contributed by atoms with E-state index >= 15 is 0 Å². The summed E-state index contributed by atoms with van der Waals surface area (Å²) < 4.78 is 6.44. The highest BCUT2D eigenvalue weighted by Gasteiger charge is 2.23. The van der Waals surface area contributed by atoms with Gasteiger partial charge in [0.25, 0.3) is 0 Å². The van der Waals surface area contributed by atoms with Crippen molar-refractivity contribution in [1.82, 2.24) is 9.80 Å². The number of piperidine rings is 1. The molecule has 1 aromatic carbocycles. The van der Waals surface area contributed by atoms with Gasteiger partial charge in [0, 0.05) is 30.7 Å². The van der Waals surface area contributed by atoms with Crippen molar-refractivity contribution in [2.45, 2.75) is 12.8 Å². The topological polar surface area (TPSA) is 32.8 Å². The van der Waals surface area contributed by atoms with Crippen LogP contribution in [0, 0.1) is 5.92 Å². The van der Waals surface area contributed by atoms with Gasteiger partial charge in [-0.3, -0.25) is 9.69 Å². The number of carbonyl (C=O) groups excluding carboxylic acids is 1. The predicted octanol–water partition coefficient (Wildman–Crippen LogP) is 3.03. The number of allylic oxidation sites excluding steroid dienone is 1. The Morgan fingerprint density at radius 1 is 1.12 bits per heavy atom. The molecule has 0 atom stereocenters. The summed E-state index contributed by atoms with van der Waals surface area (Å²) in [6.07, 6.45) is 6.61. The molecule has 0 radical (unpaired) electrons. The molecule has 24 heavy (non-hydrogen) atoms. The van der Waals surface area contributed by atoms with E-state index in [0.717, 1.165) is 56.7 Å². The number of hydrogen-bond acceptors (Lipinski definition) is 3. The molecule has 0 N–H and O–H groups in total. The largest absolute Gasteiger partial charge is 0.379 e. The van der Waals surface area contributed by atoms with Crippen molar-refractivity contribution in [3.63, 3.8) is 0 Å². The fourth-order valence-electron chi connectivity index (χ4n) is 3.21. The standard InChI is InChI=1S/C19H25BrN2O2/c20-18-5-3-16(4-6-18)1-2-17-7-9-22(10-8-17)19(23)15-21-11-13-24-14-12-21/h1-6,17H,7-15H2. The quantitative estimate of drug-likeness (QED) is 0.789. The number of rotatable bonds is 4. The van der Waals surface area contributed by atoms with Gasteiger partial charge >= 0.3 is 0 Å². The van der Waals surface area contributed by atoms with Crippen molar-refractivity contribution in [3.05, 3.63) is 40.4 Å². The zero-order valence-electron chi connectivity index (χ0n) is 14.0. The molecule has 2 saturated heterocycles. The molecule has 1 aromatic rings. The summed E-state index contributed by atoms with van der Waals surface area (Å²) >= 11 is 3.46. The average Bonchev–Trinajstić information content (AvgIpc) is 2.62. The van der Waals surface area contributed by atoms with E-state index in [2.05, 4.69) is 57.2 Å². The molecule has 3 rings (SSSR count). The third kappa shape index (κ3) is 5.16. The molecule has 0 spiro atoms. The summed E-state index contributed by atoms with van der Waals surface area (Å²) in [5.74, 6) is 0.841. The number of halogens is 1. The lowest BCUT2D eigenvalue weighted by atomic mass is 9.95. The van der Waals surface area contributed by atoms with Crippen molar-refractivity contribution in [3.8, 4) is 0 Å². The Kier molecular flexibility index (Phi) is 6.46. The molecule has 130 valence electrons. The Balaban J connectivity index is 1.43. The van der Waals surface area contributed by atoms with E-state index < -0.39 is 0 Å². The summed E-state index contributed by atoms with van der Waals surface area (Å²) in [5, 5.41) is 0. The molecule has 2 fully saturated rings. The minimum atomic E-state index is 0.271. The number of carbonyl (C=O) groups is 1. The van der Waals surface area contributed by atoms with Crippen molar-refractivity contribution >= 4 is 27.9 Å². The Labute approximate surface area is 152 Å². The van der Waals surface area contributed by atoms with Crippen LogP contribution in [0.5, 0.6) is 0 Å². The van der Waals surface area contributed by atoms with Crippen LogP contribution < -0.4 is 0 Å². The van der Waals surface area contributed by atoms with Gasteiger partial charge in [-0.05, 0) is 36.5 Å². The Morgan fingerprint density at radius 2 is 1.79 bits per heavy atom. The van der Waals surface area contributed by atoms with E-state index in [1.54, 1.807) is 0 Å². The molecular weight excluding hydrogens is 368 g/mol. The van der Waals surface area contributed by atoms with Gasteiger partial charge in [-0.15, -0.1) is 0 Å². The number of ether oxygens (including phenoxy) is 1. The van der Waals surface area contributed by atoms with Crippen LogP contribution in [0.2, 0.25) is 0 Å². The van der Waals surface area contributed by atoms with Gasteiger partial charge in [-0.25, -0.2) is 0 Å². The van der Waals surface area contributed by atoms with Crippen molar-refractivity contribution in [2.24, 2.45) is 5.92 Å². The number of benzene rings is 1. The molecule has 2 aliphatic heterocycles. The highest BCUT2D eigenvalue weighted by Crippen LogP contribution is 2.20. The fraction of sp³-hybridized carbons (Fsp3) is 0.526. The molecule has 2 heterocycles. The first-order chi connectivity index (χ1) is 11.7. The molecular formula is C19H25BrN2O2. The molecule has 5 heteroatoms. The second-order valence-corrected chi connectivity index (χ2v) is 7.43. The minimum Gasteiger partial charge on any atom is -0.379 e. The van der Waals surface area contributed by atoms with E-state index in [1.807, 2.05) is 4.90 Å². The molecule has 4 nitrogen and oxygen atoms in total. The Bertz CT molecular complexity index is 559. The first-order valence-corrected chi connectivity index (χ1v) is 9.51. The lowest BCUT2D eigenvalue weighted by molar-refractivity contribution is -0.134. The van der Waals surface area contributed by atoms with Crippen LogP contribution in [0.15, 0.2) is 34.8 Å². The van der Waals surface area contributed by atoms with Crippen molar-refractivity contribution in [2.75, 3.05) is 45.9 Å². The molecule has 2 aliphatic rings. The highest BCUT2D eigenvalue weighted by molar-refractivity contribution is 9.10. The molecule has 0 aliphatic carbocycles. The van der Waals surface area contributed by atoms with Gasteiger partial charge in [0.05, 0.1) is 19.8 Å². The first kappa shape index (κ1) is 17.6. The summed E-state index contributed by atoms with van der Waals surface area (Å²) in [6, 6.07) is 8.35. The third-order valence-electron chi connectivity index (χ3n) is 4.79. The van der Waals surface area contributed by atoms with Gasteiger partial charge in [0.1, 0.15) is 0 Å². The van der Waals surface area contributed by atoms with Crippen LogP contribution in [-0.2, 0) is 9.53 Å². The van der Waals surface area contributed by atoms with Gasteiger partial charge < -0.3 is 9.64 Å². The predicted molar refractivity (Wildman–Crippen MR) is 99.7 cm³/mol. The SMILES string of the molecule is O=C(CN1CCOCC1)N1CCC(C=Cc2ccc(Br)cc2)CC1. The number of likely N-dealkylation sites (tertiary alicyclic amines) is 1. The van der Waals surface area contributed by atoms with Gasteiger partial charge in [-0.1, -0.05) is 40.2 Å². The van der Waals surface area contributed by atoms with Gasteiger partial charge in [0.2, 0.25) is 5.91 Å². The summed E-state index contributed by atoms with van der Waals surface area (Å²) in [4.78, 5) is 16.6. The summed E-state index contributed by atoms with van der Waals surface area (Å²) in [7, 11) is 0. The van der Waals surface area contributed by atoms with Crippen LogP contribution in [0.4, 0.5) is 0 Å².